The minimum absolute atomic E-state index is 0.134. The van der Waals surface area contributed by atoms with Crippen LogP contribution in [-0.4, -0.2) is 4.98 Å². The maximum Gasteiger partial charge on any atom is 0.136 e. The van der Waals surface area contributed by atoms with Crippen molar-refractivity contribution in [3.63, 3.8) is 0 Å². The summed E-state index contributed by atoms with van der Waals surface area (Å²) < 4.78 is 6.26. The van der Waals surface area contributed by atoms with Crippen LogP contribution in [0, 0.1) is 0 Å². The Morgan fingerprint density at radius 2 is 1.18 bits per heavy atom. The number of fused-ring (bicyclic) bond motifs is 7. The monoisotopic (exact) mass is 513 g/mol. The van der Waals surface area contributed by atoms with Crippen molar-refractivity contribution < 1.29 is 4.42 Å². The van der Waals surface area contributed by atoms with Crippen molar-refractivity contribution in [1.82, 2.24) is 4.98 Å². The predicted molar refractivity (Wildman–Crippen MR) is 165 cm³/mol. The summed E-state index contributed by atoms with van der Waals surface area (Å²) in [7, 11) is 0. The summed E-state index contributed by atoms with van der Waals surface area (Å²) in [6, 6.07) is 45.1. The van der Waals surface area contributed by atoms with Crippen LogP contribution in [0.3, 0.4) is 0 Å². The molecule has 190 valence electrons. The number of furan rings is 1. The van der Waals surface area contributed by atoms with E-state index >= 15 is 0 Å². The lowest BCUT2D eigenvalue weighted by Gasteiger charge is -2.22. The van der Waals surface area contributed by atoms with Gasteiger partial charge >= 0.3 is 0 Å². The normalized spacial score (nSPS) is 13.4. The van der Waals surface area contributed by atoms with E-state index in [1.807, 2.05) is 18.2 Å². The number of nitrogens with zero attached hydrogens (tertiary/aromatic N) is 1. The molecule has 8 rings (SSSR count). The van der Waals surface area contributed by atoms with Crippen molar-refractivity contribution in [2.75, 3.05) is 0 Å². The molecule has 0 N–H and O–H groups in total. The number of benzene rings is 5. The molecule has 0 unspecified atom stereocenters. The molecule has 0 aliphatic heterocycles. The molecule has 2 heterocycles. The number of rotatable bonds is 3. The van der Waals surface area contributed by atoms with Crippen molar-refractivity contribution in [2.45, 2.75) is 19.3 Å². The lowest BCUT2D eigenvalue weighted by Crippen LogP contribution is -2.15. The lowest BCUT2D eigenvalue weighted by molar-refractivity contribution is 0.657. The maximum atomic E-state index is 6.26. The number of hydrogen-bond acceptors (Lipinski definition) is 2. The van der Waals surface area contributed by atoms with Gasteiger partial charge in [0.25, 0.3) is 0 Å². The van der Waals surface area contributed by atoms with Crippen molar-refractivity contribution in [1.29, 1.82) is 0 Å². The minimum atomic E-state index is -0.134. The molecule has 1 aliphatic carbocycles. The SMILES string of the molecule is CC1(C)c2cc(-c3cc(-c4ccccc4)nc(-c4ccccc4)c3)ccc2-c2c1ccc1oc3ccccc3c21. The van der Waals surface area contributed by atoms with Crippen LogP contribution < -0.4 is 0 Å². The highest BCUT2D eigenvalue weighted by atomic mass is 16.3. The van der Waals surface area contributed by atoms with Gasteiger partial charge in [-0.25, -0.2) is 4.98 Å². The summed E-state index contributed by atoms with van der Waals surface area (Å²) >= 11 is 0. The molecule has 0 saturated heterocycles. The lowest BCUT2D eigenvalue weighted by atomic mass is 9.81. The van der Waals surface area contributed by atoms with Gasteiger partial charge in [0, 0.05) is 27.3 Å². The second kappa shape index (κ2) is 8.53. The largest absolute Gasteiger partial charge is 0.456 e. The highest BCUT2D eigenvalue weighted by molar-refractivity contribution is 6.15. The second-order valence-electron chi connectivity index (χ2n) is 11.2. The third kappa shape index (κ3) is 3.39. The van der Waals surface area contributed by atoms with E-state index in [4.69, 9.17) is 9.40 Å². The average molecular weight is 514 g/mol. The third-order valence-corrected chi connectivity index (χ3v) is 8.48. The van der Waals surface area contributed by atoms with Gasteiger partial charge in [0.1, 0.15) is 11.2 Å². The Labute approximate surface area is 233 Å². The van der Waals surface area contributed by atoms with Gasteiger partial charge in [0.2, 0.25) is 0 Å². The highest BCUT2D eigenvalue weighted by Crippen LogP contribution is 2.53. The van der Waals surface area contributed by atoms with Gasteiger partial charge in [-0.05, 0) is 63.7 Å². The summed E-state index contributed by atoms with van der Waals surface area (Å²) in [6.45, 7) is 4.68. The molecule has 40 heavy (non-hydrogen) atoms. The zero-order chi connectivity index (χ0) is 26.8. The number of aromatic nitrogens is 1. The molecule has 0 radical (unpaired) electrons. The van der Waals surface area contributed by atoms with Crippen LogP contribution in [0.2, 0.25) is 0 Å². The first-order valence-corrected chi connectivity index (χ1v) is 13.8. The highest BCUT2D eigenvalue weighted by Gasteiger charge is 2.37. The number of para-hydroxylation sites is 1. The van der Waals surface area contributed by atoms with E-state index in [1.165, 1.54) is 44.2 Å². The first kappa shape index (κ1) is 23.0. The van der Waals surface area contributed by atoms with Crippen molar-refractivity contribution in [3.8, 4) is 44.8 Å². The fourth-order valence-corrected chi connectivity index (χ4v) is 6.43. The van der Waals surface area contributed by atoms with E-state index in [-0.39, 0.29) is 5.41 Å². The Bertz CT molecular complexity index is 2010. The molecule has 2 heteroatoms. The molecule has 5 aromatic carbocycles. The predicted octanol–water partition coefficient (Wildman–Crippen LogP) is 10.3. The molecular weight excluding hydrogens is 486 g/mol. The molecule has 2 nitrogen and oxygen atoms in total. The van der Waals surface area contributed by atoms with Gasteiger partial charge in [0.15, 0.2) is 0 Å². The molecule has 7 aromatic rings. The Hall–Kier alpha value is -4.95. The molecule has 0 fully saturated rings. The molecule has 0 atom stereocenters. The molecule has 1 aliphatic rings. The van der Waals surface area contributed by atoms with Gasteiger partial charge in [-0.15, -0.1) is 0 Å². The van der Waals surface area contributed by atoms with Crippen LogP contribution in [0.15, 0.2) is 132 Å². The zero-order valence-corrected chi connectivity index (χ0v) is 22.5. The Kier molecular flexibility index (Phi) is 4.90. The van der Waals surface area contributed by atoms with Gasteiger partial charge in [-0.1, -0.05) is 111 Å². The van der Waals surface area contributed by atoms with E-state index in [0.29, 0.717) is 0 Å². The van der Waals surface area contributed by atoms with Crippen LogP contribution in [0.1, 0.15) is 25.0 Å². The van der Waals surface area contributed by atoms with Crippen LogP contribution >= 0.6 is 0 Å². The fraction of sp³-hybridized carbons (Fsp3) is 0.0789. The van der Waals surface area contributed by atoms with Gasteiger partial charge in [0.05, 0.1) is 11.4 Å². The summed E-state index contributed by atoms with van der Waals surface area (Å²) in [5.74, 6) is 0. The minimum Gasteiger partial charge on any atom is -0.456 e. The average Bonchev–Trinajstić information content (AvgIpc) is 3.50. The van der Waals surface area contributed by atoms with Crippen molar-refractivity contribution >= 4 is 21.9 Å². The van der Waals surface area contributed by atoms with E-state index in [2.05, 4.69) is 123 Å². The van der Waals surface area contributed by atoms with E-state index in [9.17, 15) is 0 Å². The molecule has 2 aromatic heterocycles. The van der Waals surface area contributed by atoms with Crippen LogP contribution in [0.5, 0.6) is 0 Å². The number of hydrogen-bond donors (Lipinski definition) is 0. The van der Waals surface area contributed by atoms with Gasteiger partial charge in [-0.3, -0.25) is 0 Å². The Balaban J connectivity index is 1.34. The van der Waals surface area contributed by atoms with E-state index in [1.54, 1.807) is 0 Å². The molecular formula is C38H27NO. The molecule has 0 amide bonds. The van der Waals surface area contributed by atoms with Crippen molar-refractivity contribution in [3.05, 3.63) is 139 Å². The quantitative estimate of drug-likeness (QED) is 0.235. The maximum absolute atomic E-state index is 6.26. The Morgan fingerprint density at radius 3 is 1.88 bits per heavy atom. The molecule has 0 spiro atoms. The zero-order valence-electron chi connectivity index (χ0n) is 22.5. The second-order valence-corrected chi connectivity index (χ2v) is 11.2. The summed E-state index contributed by atoms with van der Waals surface area (Å²) in [5, 5.41) is 2.39. The van der Waals surface area contributed by atoms with Gasteiger partial charge < -0.3 is 4.42 Å². The molecule has 0 bridgehead atoms. The number of pyridine rings is 1. The van der Waals surface area contributed by atoms with Crippen LogP contribution in [0.25, 0.3) is 66.7 Å². The van der Waals surface area contributed by atoms with Crippen LogP contribution in [-0.2, 0) is 5.41 Å². The van der Waals surface area contributed by atoms with E-state index < -0.39 is 0 Å². The van der Waals surface area contributed by atoms with Gasteiger partial charge in [-0.2, -0.15) is 0 Å². The smallest absolute Gasteiger partial charge is 0.136 e. The standard InChI is InChI=1S/C38H27NO/c1-38(2)30-19-20-35-37(29-15-9-10-16-34(29)40-35)36(30)28-18-17-26(21-31(28)38)27-22-32(24-11-5-3-6-12-24)39-33(23-27)25-13-7-4-8-14-25/h3-23H,1-2H3. The Morgan fingerprint density at radius 1 is 0.525 bits per heavy atom. The summed E-state index contributed by atoms with van der Waals surface area (Å²) in [6.07, 6.45) is 0. The topological polar surface area (TPSA) is 26.0 Å². The first-order chi connectivity index (χ1) is 19.6. The first-order valence-electron chi connectivity index (χ1n) is 13.8. The fourth-order valence-electron chi connectivity index (χ4n) is 6.43. The summed E-state index contributed by atoms with van der Waals surface area (Å²) in [4.78, 5) is 5.08. The summed E-state index contributed by atoms with van der Waals surface area (Å²) in [5.41, 5.74) is 13.6. The van der Waals surface area contributed by atoms with E-state index in [0.717, 1.165) is 33.7 Å². The molecule has 0 saturated carbocycles. The van der Waals surface area contributed by atoms with Crippen molar-refractivity contribution in [2.24, 2.45) is 0 Å². The van der Waals surface area contributed by atoms with Crippen LogP contribution in [0.4, 0.5) is 0 Å². The third-order valence-electron chi connectivity index (χ3n) is 8.48.